The molecule has 23 heavy (non-hydrogen) atoms. The van der Waals surface area contributed by atoms with Gasteiger partial charge < -0.3 is 5.32 Å². The Hall–Kier alpha value is -1.36. The van der Waals surface area contributed by atoms with Crippen LogP contribution in [0.3, 0.4) is 0 Å². The quantitative estimate of drug-likeness (QED) is 0.805. The summed E-state index contributed by atoms with van der Waals surface area (Å²) in [6, 6.07) is 11.9. The monoisotopic (exact) mass is 350 g/mol. The summed E-state index contributed by atoms with van der Waals surface area (Å²) >= 11 is 7.57. The minimum Gasteiger partial charge on any atom is -0.347 e. The van der Waals surface area contributed by atoms with E-state index in [4.69, 9.17) is 11.6 Å². The molecule has 1 atom stereocenters. The molecule has 0 saturated carbocycles. The Kier molecular flexibility index (Phi) is 6.63. The van der Waals surface area contributed by atoms with Crippen molar-refractivity contribution in [2.24, 2.45) is 5.92 Å². The van der Waals surface area contributed by atoms with Crippen molar-refractivity contribution in [2.75, 3.05) is 13.6 Å². The van der Waals surface area contributed by atoms with Crippen molar-refractivity contribution in [1.29, 1.82) is 0 Å². The predicted molar refractivity (Wildman–Crippen MR) is 97.8 cm³/mol. The maximum absolute atomic E-state index is 12.3. The minimum absolute atomic E-state index is 0.0496. The highest BCUT2D eigenvalue weighted by atomic mass is 35.5. The van der Waals surface area contributed by atoms with Crippen molar-refractivity contribution in [3.63, 3.8) is 0 Å². The molecule has 1 unspecified atom stereocenters. The molecule has 0 aliphatic heterocycles. The second kappa shape index (κ2) is 8.48. The first-order valence-electron chi connectivity index (χ1n) is 7.71. The van der Waals surface area contributed by atoms with E-state index in [-0.39, 0.29) is 11.9 Å². The molecular weight excluding hydrogens is 328 g/mol. The van der Waals surface area contributed by atoms with Crippen LogP contribution in [0.4, 0.5) is 0 Å². The highest BCUT2D eigenvalue weighted by molar-refractivity contribution is 7.10. The van der Waals surface area contributed by atoms with E-state index in [1.165, 1.54) is 4.88 Å². The molecule has 1 N–H and O–H groups in total. The van der Waals surface area contributed by atoms with E-state index in [1.807, 2.05) is 47.7 Å². The third kappa shape index (κ3) is 5.65. The fourth-order valence-corrected chi connectivity index (χ4v) is 3.53. The van der Waals surface area contributed by atoms with Crippen LogP contribution in [0, 0.1) is 5.92 Å². The first kappa shape index (κ1) is 18.0. The van der Waals surface area contributed by atoms with Crippen LogP contribution in [0.2, 0.25) is 5.02 Å². The highest BCUT2D eigenvalue weighted by Crippen LogP contribution is 2.25. The molecule has 1 aromatic carbocycles. The predicted octanol–water partition coefficient (Wildman–Crippen LogP) is 4.35. The molecule has 0 bridgehead atoms. The molecule has 5 heteroatoms. The Morgan fingerprint density at radius 1 is 1.26 bits per heavy atom. The second-order valence-corrected chi connectivity index (χ2v) is 7.52. The average molecular weight is 351 g/mol. The fourth-order valence-electron chi connectivity index (χ4n) is 2.46. The van der Waals surface area contributed by atoms with Crippen molar-refractivity contribution in [2.45, 2.75) is 26.4 Å². The minimum atomic E-state index is 0.0496. The van der Waals surface area contributed by atoms with Gasteiger partial charge in [-0.3, -0.25) is 9.69 Å². The van der Waals surface area contributed by atoms with Gasteiger partial charge in [0, 0.05) is 16.4 Å². The SMILES string of the molecule is CC(C)C(NC(=O)CN(C)Cc1ccc(Cl)cc1)c1cccs1. The lowest BCUT2D eigenvalue weighted by Crippen LogP contribution is -2.38. The first-order chi connectivity index (χ1) is 11.0. The van der Waals surface area contributed by atoms with E-state index in [2.05, 4.69) is 25.2 Å². The molecule has 1 aromatic heterocycles. The van der Waals surface area contributed by atoms with Gasteiger partial charge >= 0.3 is 0 Å². The average Bonchev–Trinajstić information content (AvgIpc) is 3.00. The molecule has 2 rings (SSSR count). The molecule has 1 heterocycles. The van der Waals surface area contributed by atoms with Gasteiger partial charge in [0.1, 0.15) is 0 Å². The number of rotatable bonds is 7. The zero-order valence-corrected chi connectivity index (χ0v) is 15.3. The largest absolute Gasteiger partial charge is 0.347 e. The topological polar surface area (TPSA) is 32.3 Å². The number of nitrogens with one attached hydrogen (secondary N) is 1. The number of likely N-dealkylation sites (N-methyl/N-ethyl adjacent to an activating group) is 1. The third-order valence-corrected chi connectivity index (χ3v) is 4.82. The van der Waals surface area contributed by atoms with E-state index in [0.717, 1.165) is 17.1 Å². The van der Waals surface area contributed by atoms with Crippen LogP contribution in [-0.2, 0) is 11.3 Å². The number of amides is 1. The van der Waals surface area contributed by atoms with Crippen LogP contribution >= 0.6 is 22.9 Å². The van der Waals surface area contributed by atoms with Crippen molar-refractivity contribution in [3.8, 4) is 0 Å². The molecule has 0 aliphatic rings. The number of hydrogen-bond acceptors (Lipinski definition) is 3. The summed E-state index contributed by atoms with van der Waals surface area (Å²) in [6.07, 6.45) is 0. The summed E-state index contributed by atoms with van der Waals surface area (Å²) < 4.78 is 0. The molecule has 3 nitrogen and oxygen atoms in total. The lowest BCUT2D eigenvalue weighted by molar-refractivity contribution is -0.123. The molecular formula is C18H23ClN2OS. The van der Waals surface area contributed by atoms with E-state index in [0.29, 0.717) is 12.5 Å². The zero-order chi connectivity index (χ0) is 16.8. The van der Waals surface area contributed by atoms with Crippen LogP contribution in [0.15, 0.2) is 41.8 Å². The summed E-state index contributed by atoms with van der Waals surface area (Å²) in [4.78, 5) is 15.5. The summed E-state index contributed by atoms with van der Waals surface area (Å²) in [5, 5.41) is 5.93. The number of carbonyl (C=O) groups excluding carboxylic acids is 1. The fraction of sp³-hybridized carbons (Fsp3) is 0.389. The summed E-state index contributed by atoms with van der Waals surface area (Å²) in [5.41, 5.74) is 1.14. The smallest absolute Gasteiger partial charge is 0.234 e. The van der Waals surface area contributed by atoms with E-state index >= 15 is 0 Å². The number of thiophene rings is 1. The Morgan fingerprint density at radius 2 is 1.96 bits per heavy atom. The van der Waals surface area contributed by atoms with Crippen LogP contribution < -0.4 is 5.32 Å². The van der Waals surface area contributed by atoms with E-state index in [1.54, 1.807) is 11.3 Å². The van der Waals surface area contributed by atoms with Crippen LogP contribution in [0.5, 0.6) is 0 Å². The maximum atomic E-state index is 12.3. The summed E-state index contributed by atoms with van der Waals surface area (Å²) in [7, 11) is 1.95. The Labute approximate surface area is 147 Å². The van der Waals surface area contributed by atoms with Gasteiger partial charge in [0.05, 0.1) is 12.6 Å². The molecule has 0 fully saturated rings. The number of hydrogen-bond donors (Lipinski definition) is 1. The Balaban J connectivity index is 1.88. The zero-order valence-electron chi connectivity index (χ0n) is 13.8. The molecule has 124 valence electrons. The first-order valence-corrected chi connectivity index (χ1v) is 8.97. The van der Waals surface area contributed by atoms with Crippen molar-refractivity contribution < 1.29 is 4.79 Å². The Morgan fingerprint density at radius 3 is 2.52 bits per heavy atom. The van der Waals surface area contributed by atoms with Crippen LogP contribution in [0.1, 0.15) is 30.3 Å². The molecule has 0 radical (unpaired) electrons. The number of carbonyl (C=O) groups is 1. The molecule has 0 spiro atoms. The lowest BCUT2D eigenvalue weighted by atomic mass is 10.0. The second-order valence-electron chi connectivity index (χ2n) is 6.10. The van der Waals surface area contributed by atoms with Gasteiger partial charge in [0.2, 0.25) is 5.91 Å². The van der Waals surface area contributed by atoms with E-state index < -0.39 is 0 Å². The van der Waals surface area contributed by atoms with Gasteiger partial charge in [-0.25, -0.2) is 0 Å². The lowest BCUT2D eigenvalue weighted by Gasteiger charge is -2.23. The van der Waals surface area contributed by atoms with Gasteiger partial charge in [-0.2, -0.15) is 0 Å². The standard InChI is InChI=1S/C18H23ClN2OS/c1-13(2)18(16-5-4-10-23-16)20-17(22)12-21(3)11-14-6-8-15(19)9-7-14/h4-10,13,18H,11-12H2,1-3H3,(H,20,22). The van der Waals surface area contributed by atoms with Gasteiger partial charge in [-0.1, -0.05) is 43.6 Å². The van der Waals surface area contributed by atoms with Crippen molar-refractivity contribution >= 4 is 28.8 Å². The molecule has 0 aliphatic carbocycles. The van der Waals surface area contributed by atoms with Crippen molar-refractivity contribution in [1.82, 2.24) is 10.2 Å². The number of nitrogens with zero attached hydrogens (tertiary/aromatic N) is 1. The van der Waals surface area contributed by atoms with Gasteiger partial charge in [0.15, 0.2) is 0 Å². The number of benzene rings is 1. The third-order valence-electron chi connectivity index (χ3n) is 3.61. The molecule has 0 saturated heterocycles. The highest BCUT2D eigenvalue weighted by Gasteiger charge is 2.19. The van der Waals surface area contributed by atoms with Crippen LogP contribution in [0.25, 0.3) is 0 Å². The normalized spacial score (nSPS) is 12.6. The van der Waals surface area contributed by atoms with Gasteiger partial charge in [-0.05, 0) is 42.1 Å². The summed E-state index contributed by atoms with van der Waals surface area (Å²) in [6.45, 7) is 5.34. The Bertz CT molecular complexity index is 610. The van der Waals surface area contributed by atoms with E-state index in [9.17, 15) is 4.79 Å². The maximum Gasteiger partial charge on any atom is 0.234 e. The molecule has 2 aromatic rings. The van der Waals surface area contributed by atoms with Gasteiger partial charge in [-0.15, -0.1) is 11.3 Å². The van der Waals surface area contributed by atoms with Crippen LogP contribution in [-0.4, -0.2) is 24.4 Å². The number of halogens is 1. The van der Waals surface area contributed by atoms with Gasteiger partial charge in [0.25, 0.3) is 0 Å². The molecule has 1 amide bonds. The summed E-state index contributed by atoms with van der Waals surface area (Å²) in [5.74, 6) is 0.410. The van der Waals surface area contributed by atoms with Crippen molar-refractivity contribution in [3.05, 3.63) is 57.2 Å².